The molecule has 1 aliphatic rings. The number of hydrogen-bond acceptors (Lipinski definition) is 9. The van der Waals surface area contributed by atoms with Crippen molar-refractivity contribution in [3.8, 4) is 17.2 Å². The third kappa shape index (κ3) is 5.87. The van der Waals surface area contributed by atoms with Gasteiger partial charge in [0, 0.05) is 34.3 Å². The molecule has 11 heteroatoms. The van der Waals surface area contributed by atoms with Crippen molar-refractivity contribution in [2.45, 2.75) is 29.9 Å². The number of fused-ring (bicyclic) bond motifs is 1. The van der Waals surface area contributed by atoms with Gasteiger partial charge in [0.2, 0.25) is 6.10 Å². The van der Waals surface area contributed by atoms with Gasteiger partial charge >= 0.3 is 6.09 Å². The second-order valence-corrected chi connectivity index (χ2v) is 10.3. The number of rotatable bonds is 8. The van der Waals surface area contributed by atoms with Crippen LogP contribution in [0.1, 0.15) is 36.1 Å². The fourth-order valence-corrected chi connectivity index (χ4v) is 5.53. The molecule has 10 nitrogen and oxygen atoms in total. The molecule has 2 atom stereocenters. The summed E-state index contributed by atoms with van der Waals surface area (Å²) in [4.78, 5) is 32.9. The number of nitrogen functional groups attached to an aromatic ring is 1. The Labute approximate surface area is 249 Å². The molecule has 0 radical (unpaired) electrons. The number of carbonyl (C=O) groups is 2. The molecule has 1 saturated heterocycles. The molecule has 0 aliphatic carbocycles. The Morgan fingerprint density at radius 2 is 1.83 bits per heavy atom. The number of amides is 2. The summed E-state index contributed by atoms with van der Waals surface area (Å²) in [6.45, 7) is 0.526. The Balaban J connectivity index is 1.53. The zero-order valence-electron chi connectivity index (χ0n) is 23.5. The summed E-state index contributed by atoms with van der Waals surface area (Å²) in [5.41, 5.74) is 8.01. The second-order valence-electron chi connectivity index (χ2n) is 9.77. The minimum Gasteiger partial charge on any atom is -0.493 e. The molecule has 0 unspecified atom stereocenters. The summed E-state index contributed by atoms with van der Waals surface area (Å²) < 4.78 is 22.1. The molecule has 0 spiro atoms. The number of aromatic nitrogens is 1. The smallest absolute Gasteiger partial charge is 0.411 e. The summed E-state index contributed by atoms with van der Waals surface area (Å²) in [5.74, 6) is 1.70. The van der Waals surface area contributed by atoms with Gasteiger partial charge in [-0.15, -0.1) is 12.6 Å². The van der Waals surface area contributed by atoms with E-state index in [2.05, 4.69) is 22.9 Å². The van der Waals surface area contributed by atoms with Crippen LogP contribution in [0.2, 0.25) is 0 Å². The van der Waals surface area contributed by atoms with Gasteiger partial charge in [0.05, 0.1) is 27.4 Å². The molecule has 0 saturated carbocycles. The van der Waals surface area contributed by atoms with Gasteiger partial charge in [-0.1, -0.05) is 6.07 Å². The number of hydrogen-bond donors (Lipinski definition) is 3. The van der Waals surface area contributed by atoms with E-state index in [0.29, 0.717) is 45.8 Å². The Hall–Kier alpha value is -4.64. The number of benzene rings is 3. The fourth-order valence-electron chi connectivity index (χ4n) is 5.24. The number of ether oxygens (including phenoxy) is 4. The van der Waals surface area contributed by atoms with E-state index in [9.17, 15) is 9.59 Å². The van der Waals surface area contributed by atoms with Crippen LogP contribution in [0.5, 0.6) is 17.2 Å². The lowest BCUT2D eigenvalue weighted by Gasteiger charge is -2.30. The number of carbonyl (C=O) groups excluding carboxylic acids is 2. The molecule has 5 rings (SSSR count). The van der Waals surface area contributed by atoms with Crippen molar-refractivity contribution in [2.24, 2.45) is 0 Å². The van der Waals surface area contributed by atoms with E-state index in [0.717, 1.165) is 29.2 Å². The average molecular weight is 589 g/mol. The minimum absolute atomic E-state index is 0.224. The quantitative estimate of drug-likeness (QED) is 0.221. The Morgan fingerprint density at radius 3 is 2.60 bits per heavy atom. The zero-order chi connectivity index (χ0) is 29.8. The molecule has 42 heavy (non-hydrogen) atoms. The summed E-state index contributed by atoms with van der Waals surface area (Å²) in [6.07, 6.45) is 1.57. The molecule has 2 heterocycles. The highest BCUT2D eigenvalue weighted by Gasteiger charge is 2.37. The van der Waals surface area contributed by atoms with Crippen molar-refractivity contribution >= 4 is 46.9 Å². The second kappa shape index (κ2) is 12.5. The SMILES string of the molecule is COC(=O)Nc1ccc(S)c([C@H]2CCCN2C(=O)[C@@H](Oc2ccc3c(N)nccc3c2)c2ccc(OC)c(OC)c2)c1. The number of thiol groups is 1. The summed E-state index contributed by atoms with van der Waals surface area (Å²) >= 11 is 4.68. The first kappa shape index (κ1) is 28.9. The highest BCUT2D eigenvalue weighted by molar-refractivity contribution is 7.80. The van der Waals surface area contributed by atoms with Crippen molar-refractivity contribution in [3.05, 3.63) is 78.0 Å². The van der Waals surface area contributed by atoms with Crippen LogP contribution in [0.25, 0.3) is 10.8 Å². The Morgan fingerprint density at radius 1 is 1.02 bits per heavy atom. The summed E-state index contributed by atoms with van der Waals surface area (Å²) in [7, 11) is 4.40. The lowest BCUT2D eigenvalue weighted by molar-refractivity contribution is -0.140. The van der Waals surface area contributed by atoms with E-state index in [-0.39, 0.29) is 11.9 Å². The van der Waals surface area contributed by atoms with Crippen LogP contribution >= 0.6 is 12.6 Å². The third-order valence-corrected chi connectivity index (χ3v) is 7.72. The van der Waals surface area contributed by atoms with E-state index in [4.69, 9.17) is 24.7 Å². The summed E-state index contributed by atoms with van der Waals surface area (Å²) in [5, 5.41) is 4.32. The van der Waals surface area contributed by atoms with Gasteiger partial charge in [-0.25, -0.2) is 9.78 Å². The Bertz CT molecular complexity index is 1630. The first-order valence-electron chi connectivity index (χ1n) is 13.3. The van der Waals surface area contributed by atoms with Gasteiger partial charge in [0.1, 0.15) is 11.6 Å². The molecule has 4 aromatic rings. The van der Waals surface area contributed by atoms with Gasteiger partial charge < -0.3 is 29.6 Å². The van der Waals surface area contributed by atoms with E-state index >= 15 is 0 Å². The van der Waals surface area contributed by atoms with Crippen LogP contribution in [0.3, 0.4) is 0 Å². The fraction of sp³-hybridized carbons (Fsp3) is 0.258. The van der Waals surface area contributed by atoms with Crippen LogP contribution in [0, 0.1) is 0 Å². The predicted octanol–water partition coefficient (Wildman–Crippen LogP) is 5.79. The highest BCUT2D eigenvalue weighted by atomic mass is 32.1. The van der Waals surface area contributed by atoms with Crippen molar-refractivity contribution < 1.29 is 28.5 Å². The van der Waals surface area contributed by atoms with Gasteiger partial charge in [-0.05, 0) is 78.4 Å². The maximum absolute atomic E-state index is 14.4. The Kier molecular flexibility index (Phi) is 8.58. The van der Waals surface area contributed by atoms with Crippen molar-refractivity contribution in [1.82, 2.24) is 9.88 Å². The number of nitrogens with one attached hydrogen (secondary N) is 1. The van der Waals surface area contributed by atoms with Crippen LogP contribution in [-0.2, 0) is 9.53 Å². The van der Waals surface area contributed by atoms with Crippen molar-refractivity contribution in [2.75, 3.05) is 38.9 Å². The minimum atomic E-state index is -0.998. The van der Waals surface area contributed by atoms with Gasteiger partial charge in [-0.3, -0.25) is 10.1 Å². The number of anilines is 2. The predicted molar refractivity (Wildman–Crippen MR) is 162 cm³/mol. The average Bonchev–Trinajstić information content (AvgIpc) is 3.50. The van der Waals surface area contributed by atoms with Gasteiger partial charge in [-0.2, -0.15) is 0 Å². The van der Waals surface area contributed by atoms with E-state index in [1.54, 1.807) is 61.7 Å². The van der Waals surface area contributed by atoms with E-state index in [1.807, 2.05) is 24.3 Å². The van der Waals surface area contributed by atoms with Crippen molar-refractivity contribution in [3.63, 3.8) is 0 Å². The van der Waals surface area contributed by atoms with Crippen LogP contribution < -0.4 is 25.3 Å². The highest BCUT2D eigenvalue weighted by Crippen LogP contribution is 2.40. The molecular weight excluding hydrogens is 556 g/mol. The van der Waals surface area contributed by atoms with Crippen LogP contribution in [-0.4, -0.2) is 49.8 Å². The molecule has 1 aliphatic heterocycles. The number of nitrogens with two attached hydrogens (primary N) is 1. The van der Waals surface area contributed by atoms with E-state index in [1.165, 1.54) is 7.11 Å². The van der Waals surface area contributed by atoms with Crippen LogP contribution in [0.4, 0.5) is 16.3 Å². The maximum Gasteiger partial charge on any atom is 0.411 e. The largest absolute Gasteiger partial charge is 0.493 e. The standard InChI is InChI=1S/C31H32N4O6S/c1-38-25-10-6-19(16-26(25)39-2)28(41-21-8-9-22-18(15-21)12-13-33-29(22)32)30(36)35-14-4-5-24(35)23-17-20(7-11-27(23)42)34-31(37)40-3/h6-13,15-17,24,28,42H,4-5,14H2,1-3H3,(H2,32,33)(H,34,37)/t24-,28+/m1/s1. The molecular formula is C31H32N4O6S. The molecule has 2 amide bonds. The van der Waals surface area contributed by atoms with Crippen molar-refractivity contribution in [1.29, 1.82) is 0 Å². The van der Waals surface area contributed by atoms with Gasteiger partial charge in [0.25, 0.3) is 5.91 Å². The lowest BCUT2D eigenvalue weighted by atomic mass is 10.0. The zero-order valence-corrected chi connectivity index (χ0v) is 24.4. The molecule has 3 aromatic carbocycles. The molecule has 1 fully saturated rings. The summed E-state index contributed by atoms with van der Waals surface area (Å²) in [6, 6.07) is 17.6. The van der Waals surface area contributed by atoms with E-state index < -0.39 is 12.2 Å². The van der Waals surface area contributed by atoms with Crippen LogP contribution in [0.15, 0.2) is 71.8 Å². The lowest BCUT2D eigenvalue weighted by Crippen LogP contribution is -2.37. The monoisotopic (exact) mass is 588 g/mol. The topological polar surface area (TPSA) is 125 Å². The first-order valence-corrected chi connectivity index (χ1v) is 13.8. The first-order chi connectivity index (χ1) is 20.3. The van der Waals surface area contributed by atoms with Gasteiger partial charge in [0.15, 0.2) is 11.5 Å². The normalized spacial score (nSPS) is 15.2. The third-order valence-electron chi connectivity index (χ3n) is 7.31. The molecule has 3 N–H and O–H groups in total. The number of methoxy groups -OCH3 is 3. The molecule has 218 valence electrons. The number of pyridine rings is 1. The molecule has 1 aromatic heterocycles. The molecule has 0 bridgehead atoms. The number of nitrogens with zero attached hydrogens (tertiary/aromatic N) is 2. The maximum atomic E-state index is 14.4. The number of likely N-dealkylation sites (tertiary alicyclic amines) is 1.